The van der Waals surface area contributed by atoms with Gasteiger partial charge in [-0.3, -0.25) is 0 Å². The Morgan fingerprint density at radius 3 is 1.92 bits per heavy atom. The first kappa shape index (κ1) is 17.1. The van der Waals surface area contributed by atoms with Gasteiger partial charge >= 0.3 is 24.2 Å². The third kappa shape index (κ3) is 2.99. The van der Waals surface area contributed by atoms with Crippen molar-refractivity contribution < 1.29 is 46.1 Å². The highest BCUT2D eigenvalue weighted by atomic mass is 19.3. The van der Waals surface area contributed by atoms with E-state index in [1.165, 1.54) is 13.8 Å². The Labute approximate surface area is 137 Å². The smallest absolute Gasteiger partial charge is 0.421 e. The maximum absolute atomic E-state index is 13.2. The number of alkyl halides is 4. The van der Waals surface area contributed by atoms with Gasteiger partial charge in [0, 0.05) is 13.8 Å². The third-order valence-corrected chi connectivity index (χ3v) is 3.21. The second-order valence-corrected chi connectivity index (χ2v) is 5.68. The van der Waals surface area contributed by atoms with E-state index in [0.29, 0.717) is 0 Å². The summed E-state index contributed by atoms with van der Waals surface area (Å²) in [6, 6.07) is 3.01. The molecule has 0 aliphatic carbocycles. The summed E-state index contributed by atoms with van der Waals surface area (Å²) in [4.78, 5) is 23.7. The van der Waals surface area contributed by atoms with Crippen LogP contribution in [-0.2, 0) is 19.1 Å². The predicted octanol–water partition coefficient (Wildman–Crippen LogP) is 2.86. The summed E-state index contributed by atoms with van der Waals surface area (Å²) in [7, 11) is 0. The lowest BCUT2D eigenvalue weighted by Crippen LogP contribution is -2.52. The van der Waals surface area contributed by atoms with Crippen LogP contribution in [0.15, 0.2) is 23.8 Å². The molecular weight excluding hydrogens is 352 g/mol. The van der Waals surface area contributed by atoms with E-state index in [1.807, 2.05) is 0 Å². The molecule has 2 heterocycles. The van der Waals surface area contributed by atoms with Crippen LogP contribution >= 0.6 is 0 Å². The summed E-state index contributed by atoms with van der Waals surface area (Å²) in [5.74, 6) is -4.69. The van der Waals surface area contributed by atoms with Crippen LogP contribution in [0, 0.1) is 0 Å². The molecule has 0 unspecified atom stereocenters. The number of hydrogen-bond donors (Lipinski definition) is 0. The van der Waals surface area contributed by atoms with E-state index < -0.39 is 47.0 Å². The largest absolute Gasteiger partial charge is 0.507 e. The molecule has 0 bridgehead atoms. The number of halogens is 4. The molecule has 0 radical (unpaired) electrons. The van der Waals surface area contributed by atoms with E-state index >= 15 is 0 Å². The van der Waals surface area contributed by atoms with Crippen molar-refractivity contribution in [3.63, 3.8) is 0 Å². The first-order chi connectivity index (χ1) is 11.4. The van der Waals surface area contributed by atoms with Crippen LogP contribution in [0.5, 0.6) is 11.5 Å². The van der Waals surface area contributed by atoms with Gasteiger partial charge < -0.3 is 18.9 Å². The summed E-state index contributed by atoms with van der Waals surface area (Å²) < 4.78 is 70.2. The number of benzene rings is 1. The van der Waals surface area contributed by atoms with E-state index in [1.54, 1.807) is 0 Å². The van der Waals surface area contributed by atoms with Gasteiger partial charge in [-0.1, -0.05) is 6.07 Å². The number of rotatable bonds is 1. The van der Waals surface area contributed by atoms with Gasteiger partial charge in [0.2, 0.25) is 0 Å². The first-order valence-corrected chi connectivity index (χ1v) is 6.86. The average molecular weight is 362 g/mol. The van der Waals surface area contributed by atoms with E-state index in [0.717, 1.165) is 24.3 Å². The molecular formula is C15H10F4O6. The van der Waals surface area contributed by atoms with Crippen molar-refractivity contribution in [1.82, 2.24) is 0 Å². The van der Waals surface area contributed by atoms with Gasteiger partial charge in [0.1, 0.15) is 5.57 Å². The SMILES string of the molecule is CC1(C)OC(=O)C(=Cc2ccc3c(c2)OC(F)(F)C(F)(F)O3)C(=O)O1. The molecule has 134 valence electrons. The van der Waals surface area contributed by atoms with E-state index in [9.17, 15) is 27.2 Å². The standard InChI is InChI=1S/C15H10F4O6/c1-13(2)24-11(20)8(12(21)25-13)5-7-3-4-9-10(6-7)23-15(18,19)14(16,17)22-9/h3-6H,1-2H3. The summed E-state index contributed by atoms with van der Waals surface area (Å²) in [6.45, 7) is 2.71. The molecule has 0 aromatic heterocycles. The highest BCUT2D eigenvalue weighted by molar-refractivity contribution is 6.18. The molecule has 0 saturated carbocycles. The van der Waals surface area contributed by atoms with Gasteiger partial charge in [-0.05, 0) is 23.8 Å². The molecule has 1 saturated heterocycles. The van der Waals surface area contributed by atoms with Crippen molar-refractivity contribution >= 4 is 18.0 Å². The van der Waals surface area contributed by atoms with Crippen molar-refractivity contribution in [2.45, 2.75) is 31.9 Å². The maximum atomic E-state index is 13.2. The number of fused-ring (bicyclic) bond motifs is 1. The van der Waals surface area contributed by atoms with Crippen LogP contribution in [-0.4, -0.2) is 29.9 Å². The van der Waals surface area contributed by atoms with Gasteiger partial charge in [-0.15, -0.1) is 0 Å². The number of ether oxygens (including phenoxy) is 4. The fourth-order valence-corrected chi connectivity index (χ4v) is 2.12. The Hall–Kier alpha value is -2.78. The minimum Gasteiger partial charge on any atom is -0.421 e. The monoisotopic (exact) mass is 362 g/mol. The number of carbonyl (C=O) groups excluding carboxylic acids is 2. The molecule has 10 heteroatoms. The predicted molar refractivity (Wildman–Crippen MR) is 71.8 cm³/mol. The molecule has 0 N–H and O–H groups in total. The molecule has 25 heavy (non-hydrogen) atoms. The zero-order valence-electron chi connectivity index (χ0n) is 12.8. The average Bonchev–Trinajstić information content (AvgIpc) is 2.42. The van der Waals surface area contributed by atoms with Gasteiger partial charge in [0.15, 0.2) is 11.5 Å². The van der Waals surface area contributed by atoms with Gasteiger partial charge in [0.05, 0.1) is 0 Å². The molecule has 0 amide bonds. The Morgan fingerprint density at radius 1 is 0.840 bits per heavy atom. The number of carbonyl (C=O) groups is 2. The first-order valence-electron chi connectivity index (χ1n) is 6.86. The van der Waals surface area contributed by atoms with Crippen molar-refractivity contribution in [3.05, 3.63) is 29.3 Å². The van der Waals surface area contributed by atoms with Crippen molar-refractivity contribution in [3.8, 4) is 11.5 Å². The second-order valence-electron chi connectivity index (χ2n) is 5.68. The van der Waals surface area contributed by atoms with Crippen LogP contribution in [0.1, 0.15) is 19.4 Å². The van der Waals surface area contributed by atoms with Crippen molar-refractivity contribution in [2.24, 2.45) is 0 Å². The fourth-order valence-electron chi connectivity index (χ4n) is 2.12. The fraction of sp³-hybridized carbons (Fsp3) is 0.333. The number of cyclic esters (lactones) is 2. The zero-order valence-corrected chi connectivity index (χ0v) is 12.8. The molecule has 3 rings (SSSR count). The quantitative estimate of drug-likeness (QED) is 0.331. The highest BCUT2D eigenvalue weighted by Gasteiger charge is 2.65. The lowest BCUT2D eigenvalue weighted by atomic mass is 10.1. The van der Waals surface area contributed by atoms with Crippen LogP contribution < -0.4 is 9.47 Å². The van der Waals surface area contributed by atoms with E-state index in [-0.39, 0.29) is 5.56 Å². The van der Waals surface area contributed by atoms with Crippen LogP contribution in [0.4, 0.5) is 17.6 Å². The van der Waals surface area contributed by atoms with E-state index in [2.05, 4.69) is 9.47 Å². The lowest BCUT2D eigenvalue weighted by Gasteiger charge is -2.32. The summed E-state index contributed by atoms with van der Waals surface area (Å²) in [6.07, 6.45) is -8.71. The Kier molecular flexibility index (Phi) is 3.48. The summed E-state index contributed by atoms with van der Waals surface area (Å²) in [5.41, 5.74) is -0.458. The maximum Gasteiger partial charge on any atom is 0.507 e. The third-order valence-electron chi connectivity index (χ3n) is 3.21. The minimum absolute atomic E-state index is 0.0342. The Balaban J connectivity index is 1.94. The van der Waals surface area contributed by atoms with Gasteiger partial charge in [-0.25, -0.2) is 9.59 Å². The molecule has 2 aliphatic rings. The minimum atomic E-state index is -4.88. The molecule has 2 aliphatic heterocycles. The number of esters is 2. The molecule has 0 spiro atoms. The lowest BCUT2D eigenvalue weighted by molar-refractivity contribution is -0.391. The number of hydrogen-bond acceptors (Lipinski definition) is 6. The summed E-state index contributed by atoms with van der Waals surface area (Å²) in [5, 5.41) is 0. The second kappa shape index (κ2) is 5.11. The highest BCUT2D eigenvalue weighted by Crippen LogP contribution is 2.47. The topological polar surface area (TPSA) is 71.1 Å². The Morgan fingerprint density at radius 2 is 1.36 bits per heavy atom. The van der Waals surface area contributed by atoms with Crippen LogP contribution in [0.2, 0.25) is 0 Å². The zero-order chi connectivity index (χ0) is 18.6. The van der Waals surface area contributed by atoms with Crippen molar-refractivity contribution in [2.75, 3.05) is 0 Å². The molecule has 0 atom stereocenters. The normalized spacial score (nSPS) is 22.7. The molecule has 1 aromatic rings. The van der Waals surface area contributed by atoms with Gasteiger partial charge in [-0.2, -0.15) is 17.6 Å². The Bertz CT molecular complexity index is 777. The van der Waals surface area contributed by atoms with Crippen LogP contribution in [0.3, 0.4) is 0 Å². The van der Waals surface area contributed by atoms with Gasteiger partial charge in [0.25, 0.3) is 5.79 Å². The van der Waals surface area contributed by atoms with Crippen LogP contribution in [0.25, 0.3) is 6.08 Å². The molecule has 1 aromatic carbocycles. The van der Waals surface area contributed by atoms with E-state index in [4.69, 9.17) is 9.47 Å². The van der Waals surface area contributed by atoms with Crippen molar-refractivity contribution in [1.29, 1.82) is 0 Å². The molecule has 6 nitrogen and oxygen atoms in total. The molecule has 1 fully saturated rings. The summed E-state index contributed by atoms with van der Waals surface area (Å²) >= 11 is 0.